The quantitative estimate of drug-likeness (QED) is 0.647. The molecule has 0 spiro atoms. The fourth-order valence-electron chi connectivity index (χ4n) is 2.79. The maximum absolute atomic E-state index is 11.8. The van der Waals surface area contributed by atoms with Crippen LogP contribution in [0.25, 0.3) is 0 Å². The van der Waals surface area contributed by atoms with Crippen LogP contribution in [0, 0.1) is 5.92 Å². The van der Waals surface area contributed by atoms with E-state index in [2.05, 4.69) is 15.5 Å². The number of imide groups is 1. The summed E-state index contributed by atoms with van der Waals surface area (Å²) in [6, 6.07) is -0.0552. The lowest BCUT2D eigenvalue weighted by Crippen LogP contribution is -2.48. The molecule has 1 aliphatic rings. The Bertz CT molecular complexity index is 309. The topological polar surface area (TPSA) is 87.5 Å². The predicted molar refractivity (Wildman–Crippen MR) is 74.6 cm³/mol. The van der Waals surface area contributed by atoms with E-state index < -0.39 is 6.03 Å². The lowest BCUT2D eigenvalue weighted by atomic mass is 10.0. The third-order valence-corrected chi connectivity index (χ3v) is 3.73. The fraction of sp³-hybridized carbons (Fsp3) is 0.846. The number of amides is 3. The normalized spacial score (nSPS) is 22.5. The van der Waals surface area contributed by atoms with E-state index in [4.69, 9.17) is 5.73 Å². The molecule has 0 aromatic rings. The average Bonchev–Trinajstić information content (AvgIpc) is 2.84. The molecule has 0 saturated heterocycles. The second kappa shape index (κ2) is 8.12. The molecule has 0 aliphatic heterocycles. The molecular weight excluding hydrogens is 244 g/mol. The van der Waals surface area contributed by atoms with E-state index in [-0.39, 0.29) is 12.5 Å². The Morgan fingerprint density at radius 1 is 1.32 bits per heavy atom. The van der Waals surface area contributed by atoms with Crippen molar-refractivity contribution in [2.24, 2.45) is 11.7 Å². The number of carbonyl (C=O) groups excluding carboxylic acids is 2. The lowest BCUT2D eigenvalue weighted by molar-refractivity contribution is -0.121. The molecule has 0 radical (unpaired) electrons. The van der Waals surface area contributed by atoms with Crippen LogP contribution in [0.15, 0.2) is 0 Å². The second-order valence-electron chi connectivity index (χ2n) is 4.96. The fourth-order valence-corrected chi connectivity index (χ4v) is 2.79. The maximum atomic E-state index is 11.8. The van der Waals surface area contributed by atoms with Crippen molar-refractivity contribution in [1.29, 1.82) is 0 Å². The predicted octanol–water partition coefficient (Wildman–Crippen LogP) is 0.281. The maximum Gasteiger partial charge on any atom is 0.321 e. The summed E-state index contributed by atoms with van der Waals surface area (Å²) in [6.45, 7) is 6.07. The highest BCUT2D eigenvalue weighted by Crippen LogP contribution is 2.28. The third kappa shape index (κ3) is 4.80. The van der Waals surface area contributed by atoms with Crippen molar-refractivity contribution in [1.82, 2.24) is 15.5 Å². The molecule has 3 amide bonds. The van der Waals surface area contributed by atoms with Gasteiger partial charge in [0.15, 0.2) is 0 Å². The summed E-state index contributed by atoms with van der Waals surface area (Å²) in [4.78, 5) is 25.2. The molecule has 1 fully saturated rings. The van der Waals surface area contributed by atoms with Gasteiger partial charge in [0.05, 0.1) is 6.54 Å². The summed E-state index contributed by atoms with van der Waals surface area (Å²) in [5, 5.41) is 4.89. The van der Waals surface area contributed by atoms with Gasteiger partial charge in [-0.3, -0.25) is 15.0 Å². The van der Waals surface area contributed by atoms with Gasteiger partial charge in [-0.15, -0.1) is 0 Å². The Hall–Kier alpha value is -1.14. The van der Waals surface area contributed by atoms with Crippen LogP contribution in [-0.4, -0.2) is 49.1 Å². The van der Waals surface area contributed by atoms with E-state index in [9.17, 15) is 9.59 Å². The molecule has 4 N–H and O–H groups in total. The summed E-state index contributed by atoms with van der Waals surface area (Å²) in [5.74, 6) is 0.215. The summed E-state index contributed by atoms with van der Waals surface area (Å²) >= 11 is 0. The molecule has 0 aromatic heterocycles. The van der Waals surface area contributed by atoms with E-state index in [0.717, 1.165) is 19.4 Å². The van der Waals surface area contributed by atoms with Crippen molar-refractivity contribution >= 4 is 11.9 Å². The van der Waals surface area contributed by atoms with Crippen LogP contribution in [0.5, 0.6) is 0 Å². The molecule has 2 unspecified atom stereocenters. The van der Waals surface area contributed by atoms with E-state index >= 15 is 0 Å². The number of rotatable bonds is 6. The first-order valence-corrected chi connectivity index (χ1v) is 7.14. The molecule has 19 heavy (non-hydrogen) atoms. The molecule has 1 saturated carbocycles. The first-order chi connectivity index (χ1) is 9.12. The zero-order valence-electron chi connectivity index (χ0n) is 11.9. The SMILES string of the molecule is CCNC(=O)NC(=O)CN(CC)C1CCCC1CN. The van der Waals surface area contributed by atoms with Crippen LogP contribution < -0.4 is 16.4 Å². The molecule has 110 valence electrons. The number of nitrogens with zero attached hydrogens (tertiary/aromatic N) is 1. The summed E-state index contributed by atoms with van der Waals surface area (Å²) in [6.07, 6.45) is 3.39. The third-order valence-electron chi connectivity index (χ3n) is 3.73. The summed E-state index contributed by atoms with van der Waals surface area (Å²) < 4.78 is 0. The number of urea groups is 1. The molecule has 1 rings (SSSR count). The number of likely N-dealkylation sites (N-methyl/N-ethyl adjacent to an activating group) is 1. The zero-order valence-corrected chi connectivity index (χ0v) is 11.9. The van der Waals surface area contributed by atoms with Crippen molar-refractivity contribution in [2.75, 3.05) is 26.2 Å². The van der Waals surface area contributed by atoms with Gasteiger partial charge in [-0.25, -0.2) is 4.79 Å². The van der Waals surface area contributed by atoms with E-state index in [1.165, 1.54) is 6.42 Å². The summed E-state index contributed by atoms with van der Waals surface area (Å²) in [5.41, 5.74) is 5.78. The van der Waals surface area contributed by atoms with E-state index in [0.29, 0.717) is 25.0 Å². The number of nitrogens with two attached hydrogens (primary N) is 1. The van der Waals surface area contributed by atoms with Gasteiger partial charge in [0.2, 0.25) is 5.91 Å². The van der Waals surface area contributed by atoms with Crippen molar-refractivity contribution < 1.29 is 9.59 Å². The van der Waals surface area contributed by atoms with Crippen molar-refractivity contribution in [3.63, 3.8) is 0 Å². The minimum atomic E-state index is -0.426. The van der Waals surface area contributed by atoms with Gasteiger partial charge in [-0.05, 0) is 38.8 Å². The summed E-state index contributed by atoms with van der Waals surface area (Å²) in [7, 11) is 0. The van der Waals surface area contributed by atoms with Gasteiger partial charge in [0.1, 0.15) is 0 Å². The standard InChI is InChI=1S/C13H26N4O2/c1-3-15-13(19)16-12(18)9-17(4-2)11-7-5-6-10(11)8-14/h10-11H,3-9,14H2,1-2H3,(H2,15,16,18,19). The van der Waals surface area contributed by atoms with E-state index in [1.807, 2.05) is 13.8 Å². The number of hydrogen-bond acceptors (Lipinski definition) is 4. The molecule has 0 bridgehead atoms. The Balaban J connectivity index is 2.47. The van der Waals surface area contributed by atoms with E-state index in [1.54, 1.807) is 0 Å². The minimum Gasteiger partial charge on any atom is -0.338 e. The van der Waals surface area contributed by atoms with Crippen LogP contribution in [-0.2, 0) is 4.79 Å². The molecule has 0 aromatic carbocycles. The van der Waals surface area contributed by atoms with Crippen LogP contribution in [0.2, 0.25) is 0 Å². The number of nitrogens with one attached hydrogen (secondary N) is 2. The van der Waals surface area contributed by atoms with Crippen LogP contribution in [0.1, 0.15) is 33.1 Å². The molecule has 2 atom stereocenters. The van der Waals surface area contributed by atoms with Crippen LogP contribution in [0.4, 0.5) is 4.79 Å². The van der Waals surface area contributed by atoms with Gasteiger partial charge in [-0.1, -0.05) is 13.3 Å². The van der Waals surface area contributed by atoms with Crippen molar-refractivity contribution in [3.8, 4) is 0 Å². The van der Waals surface area contributed by atoms with Crippen LogP contribution in [0.3, 0.4) is 0 Å². The molecule has 1 aliphatic carbocycles. The number of hydrogen-bond donors (Lipinski definition) is 3. The largest absolute Gasteiger partial charge is 0.338 e. The first-order valence-electron chi connectivity index (χ1n) is 7.14. The van der Waals surface area contributed by atoms with Gasteiger partial charge in [-0.2, -0.15) is 0 Å². The monoisotopic (exact) mass is 270 g/mol. The molecule has 6 heteroatoms. The minimum absolute atomic E-state index is 0.254. The highest BCUT2D eigenvalue weighted by Gasteiger charge is 2.31. The molecule has 6 nitrogen and oxygen atoms in total. The first kappa shape index (κ1) is 15.9. The van der Waals surface area contributed by atoms with Gasteiger partial charge in [0, 0.05) is 12.6 Å². The smallest absolute Gasteiger partial charge is 0.321 e. The highest BCUT2D eigenvalue weighted by molar-refractivity contribution is 5.95. The average molecular weight is 270 g/mol. The number of carbonyl (C=O) groups is 2. The van der Waals surface area contributed by atoms with Gasteiger partial charge < -0.3 is 11.1 Å². The lowest BCUT2D eigenvalue weighted by Gasteiger charge is -2.31. The van der Waals surface area contributed by atoms with Crippen molar-refractivity contribution in [2.45, 2.75) is 39.2 Å². The Morgan fingerprint density at radius 2 is 2.05 bits per heavy atom. The zero-order chi connectivity index (χ0) is 14.3. The van der Waals surface area contributed by atoms with Crippen molar-refractivity contribution in [3.05, 3.63) is 0 Å². The van der Waals surface area contributed by atoms with Gasteiger partial charge in [0.25, 0.3) is 0 Å². The Labute approximate surface area is 115 Å². The Morgan fingerprint density at radius 3 is 2.63 bits per heavy atom. The second-order valence-corrected chi connectivity index (χ2v) is 4.96. The molecular formula is C13H26N4O2. The van der Waals surface area contributed by atoms with Gasteiger partial charge >= 0.3 is 6.03 Å². The Kier molecular flexibility index (Phi) is 6.80. The molecule has 0 heterocycles. The highest BCUT2D eigenvalue weighted by atomic mass is 16.2. The van der Waals surface area contributed by atoms with Crippen LogP contribution >= 0.6 is 0 Å².